The summed E-state index contributed by atoms with van der Waals surface area (Å²) in [6, 6.07) is 7.66. The second-order valence-corrected chi connectivity index (χ2v) is 5.38. The van der Waals surface area contributed by atoms with Crippen LogP contribution in [-0.2, 0) is 20.7 Å². The Morgan fingerprint density at radius 1 is 1.05 bits per heavy atom. The number of hydrogen-bond acceptors (Lipinski definition) is 3. The van der Waals surface area contributed by atoms with Crippen molar-refractivity contribution in [3.8, 4) is 0 Å². The third-order valence-electron chi connectivity index (χ3n) is 3.42. The molecule has 0 saturated carbocycles. The topological polar surface area (TPSA) is 55.4 Å². The Balaban J connectivity index is 2.46. The standard InChI is InChI=1S/C18H27NO3/c1-3-5-11-17(20)19-16-10-8-7-9-15(16)13-14-22-18(21)12-6-4-2/h7-10H,3-6,11-14H2,1-2H3,(H,19,20). The van der Waals surface area contributed by atoms with E-state index in [0.29, 0.717) is 25.9 Å². The van der Waals surface area contributed by atoms with Gasteiger partial charge < -0.3 is 10.1 Å². The second-order valence-electron chi connectivity index (χ2n) is 5.38. The number of amides is 1. The molecule has 4 heteroatoms. The highest BCUT2D eigenvalue weighted by atomic mass is 16.5. The van der Waals surface area contributed by atoms with E-state index in [2.05, 4.69) is 12.2 Å². The molecule has 1 N–H and O–H groups in total. The minimum Gasteiger partial charge on any atom is -0.465 e. The van der Waals surface area contributed by atoms with Crippen molar-refractivity contribution in [3.63, 3.8) is 0 Å². The Morgan fingerprint density at radius 3 is 2.45 bits per heavy atom. The summed E-state index contributed by atoms with van der Waals surface area (Å²) in [4.78, 5) is 23.3. The van der Waals surface area contributed by atoms with E-state index >= 15 is 0 Å². The molecular weight excluding hydrogens is 278 g/mol. The van der Waals surface area contributed by atoms with Gasteiger partial charge in [-0.3, -0.25) is 9.59 Å². The van der Waals surface area contributed by atoms with Crippen molar-refractivity contribution in [1.82, 2.24) is 0 Å². The number of hydrogen-bond donors (Lipinski definition) is 1. The molecule has 0 aliphatic carbocycles. The minimum atomic E-state index is -0.147. The normalized spacial score (nSPS) is 10.3. The van der Waals surface area contributed by atoms with Crippen molar-refractivity contribution in [3.05, 3.63) is 29.8 Å². The molecular formula is C18H27NO3. The van der Waals surface area contributed by atoms with E-state index in [4.69, 9.17) is 4.74 Å². The molecule has 1 aromatic carbocycles. The van der Waals surface area contributed by atoms with Crippen LogP contribution < -0.4 is 5.32 Å². The fourth-order valence-corrected chi connectivity index (χ4v) is 2.08. The van der Waals surface area contributed by atoms with Gasteiger partial charge in [0.1, 0.15) is 0 Å². The van der Waals surface area contributed by atoms with Gasteiger partial charge in [0.05, 0.1) is 6.61 Å². The lowest BCUT2D eigenvalue weighted by Crippen LogP contribution is -2.14. The van der Waals surface area contributed by atoms with Crippen molar-refractivity contribution in [2.24, 2.45) is 0 Å². The van der Waals surface area contributed by atoms with E-state index in [-0.39, 0.29) is 11.9 Å². The SMILES string of the molecule is CCCCC(=O)Nc1ccccc1CCOC(=O)CCCC. The molecule has 0 bridgehead atoms. The number of rotatable bonds is 10. The van der Waals surface area contributed by atoms with Crippen LogP contribution in [-0.4, -0.2) is 18.5 Å². The van der Waals surface area contributed by atoms with E-state index in [0.717, 1.165) is 36.9 Å². The van der Waals surface area contributed by atoms with Gasteiger partial charge in [-0.05, 0) is 24.5 Å². The van der Waals surface area contributed by atoms with Crippen LogP contribution in [0.4, 0.5) is 5.69 Å². The zero-order chi connectivity index (χ0) is 16.2. The smallest absolute Gasteiger partial charge is 0.305 e. The molecule has 0 aliphatic heterocycles. The number of esters is 1. The third-order valence-corrected chi connectivity index (χ3v) is 3.42. The van der Waals surface area contributed by atoms with Crippen molar-refractivity contribution in [1.29, 1.82) is 0 Å². The summed E-state index contributed by atoms with van der Waals surface area (Å²) in [5.74, 6) is -0.111. The number of unbranched alkanes of at least 4 members (excludes halogenated alkanes) is 2. The zero-order valence-electron chi connectivity index (χ0n) is 13.7. The van der Waals surface area contributed by atoms with E-state index in [1.807, 2.05) is 31.2 Å². The molecule has 0 saturated heterocycles. The number of ether oxygens (including phenoxy) is 1. The molecule has 1 aromatic rings. The van der Waals surface area contributed by atoms with Crippen LogP contribution in [0.25, 0.3) is 0 Å². The predicted molar refractivity (Wildman–Crippen MR) is 88.8 cm³/mol. The first kappa shape index (κ1) is 18.2. The molecule has 122 valence electrons. The highest BCUT2D eigenvalue weighted by Gasteiger charge is 2.07. The number of carbonyl (C=O) groups is 2. The fourth-order valence-electron chi connectivity index (χ4n) is 2.08. The van der Waals surface area contributed by atoms with Gasteiger partial charge in [0.15, 0.2) is 0 Å². The van der Waals surface area contributed by atoms with Crippen molar-refractivity contribution in [2.75, 3.05) is 11.9 Å². The summed E-state index contributed by atoms with van der Waals surface area (Å²) in [5.41, 5.74) is 1.81. The van der Waals surface area contributed by atoms with Gasteiger partial charge in [0.25, 0.3) is 0 Å². The summed E-state index contributed by atoms with van der Waals surface area (Å²) >= 11 is 0. The number of nitrogens with one attached hydrogen (secondary N) is 1. The molecule has 0 radical (unpaired) electrons. The molecule has 4 nitrogen and oxygen atoms in total. The van der Waals surface area contributed by atoms with Crippen LogP contribution in [0.1, 0.15) is 57.9 Å². The molecule has 0 spiro atoms. The summed E-state index contributed by atoms with van der Waals surface area (Å²) in [7, 11) is 0. The molecule has 0 aromatic heterocycles. The quantitative estimate of drug-likeness (QED) is 0.662. The lowest BCUT2D eigenvalue weighted by atomic mass is 10.1. The Kier molecular flexibility index (Phi) is 8.96. The van der Waals surface area contributed by atoms with Crippen LogP contribution >= 0.6 is 0 Å². The van der Waals surface area contributed by atoms with Gasteiger partial charge >= 0.3 is 5.97 Å². The fraction of sp³-hybridized carbons (Fsp3) is 0.556. The maximum Gasteiger partial charge on any atom is 0.305 e. The van der Waals surface area contributed by atoms with E-state index < -0.39 is 0 Å². The van der Waals surface area contributed by atoms with Crippen LogP contribution in [0, 0.1) is 0 Å². The maximum absolute atomic E-state index is 11.8. The minimum absolute atomic E-state index is 0.0363. The lowest BCUT2D eigenvalue weighted by Gasteiger charge is -2.11. The molecule has 22 heavy (non-hydrogen) atoms. The number of benzene rings is 1. The molecule has 0 fully saturated rings. The average Bonchev–Trinajstić information content (AvgIpc) is 2.52. The summed E-state index contributed by atoms with van der Waals surface area (Å²) in [6.07, 6.45) is 5.38. The summed E-state index contributed by atoms with van der Waals surface area (Å²) in [5, 5.41) is 2.94. The van der Waals surface area contributed by atoms with Gasteiger partial charge in [0, 0.05) is 24.9 Å². The highest BCUT2D eigenvalue weighted by Crippen LogP contribution is 2.16. The Labute approximate surface area is 133 Å². The summed E-state index contributed by atoms with van der Waals surface area (Å²) < 4.78 is 5.22. The Hall–Kier alpha value is -1.84. The largest absolute Gasteiger partial charge is 0.465 e. The van der Waals surface area contributed by atoms with Crippen LogP contribution in [0.15, 0.2) is 24.3 Å². The molecule has 0 atom stereocenters. The first-order valence-electron chi connectivity index (χ1n) is 8.20. The van der Waals surface area contributed by atoms with Gasteiger partial charge in [-0.25, -0.2) is 0 Å². The maximum atomic E-state index is 11.8. The van der Waals surface area contributed by atoms with Crippen molar-refractivity contribution in [2.45, 2.75) is 58.8 Å². The third kappa shape index (κ3) is 7.25. The molecule has 1 rings (SSSR count). The molecule has 1 amide bonds. The van der Waals surface area contributed by atoms with Crippen LogP contribution in [0.3, 0.4) is 0 Å². The van der Waals surface area contributed by atoms with Gasteiger partial charge in [-0.15, -0.1) is 0 Å². The predicted octanol–water partition coefficient (Wildman–Crippen LogP) is 4.09. The van der Waals surface area contributed by atoms with Crippen LogP contribution in [0.2, 0.25) is 0 Å². The number of anilines is 1. The molecule has 0 heterocycles. The van der Waals surface area contributed by atoms with Gasteiger partial charge in [-0.1, -0.05) is 44.9 Å². The van der Waals surface area contributed by atoms with E-state index in [9.17, 15) is 9.59 Å². The van der Waals surface area contributed by atoms with E-state index in [1.54, 1.807) is 0 Å². The van der Waals surface area contributed by atoms with Crippen molar-refractivity contribution < 1.29 is 14.3 Å². The van der Waals surface area contributed by atoms with Gasteiger partial charge in [0.2, 0.25) is 5.91 Å². The number of para-hydroxylation sites is 1. The average molecular weight is 305 g/mol. The first-order chi connectivity index (χ1) is 10.7. The monoisotopic (exact) mass is 305 g/mol. The van der Waals surface area contributed by atoms with Gasteiger partial charge in [-0.2, -0.15) is 0 Å². The first-order valence-corrected chi connectivity index (χ1v) is 8.20. The van der Waals surface area contributed by atoms with Crippen LogP contribution in [0.5, 0.6) is 0 Å². The zero-order valence-corrected chi connectivity index (χ0v) is 13.7. The summed E-state index contributed by atoms with van der Waals surface area (Å²) in [6.45, 7) is 4.46. The number of carbonyl (C=O) groups excluding carboxylic acids is 2. The Bertz CT molecular complexity index is 471. The van der Waals surface area contributed by atoms with E-state index in [1.165, 1.54) is 0 Å². The highest BCUT2D eigenvalue weighted by molar-refractivity contribution is 5.91. The lowest BCUT2D eigenvalue weighted by molar-refractivity contribution is -0.143. The van der Waals surface area contributed by atoms with Crippen molar-refractivity contribution >= 4 is 17.6 Å². The molecule has 0 unspecified atom stereocenters. The second kappa shape index (κ2) is 10.8. The Morgan fingerprint density at radius 2 is 1.73 bits per heavy atom. The molecule has 0 aliphatic rings.